The molecule has 118 valence electrons. The normalized spacial score (nSPS) is 20.9. The standard InChI is InChI=1S/C16H20N2O4/c1-21-13-6-3-10(7-14(13)22-2)16(20)17-11-8-15(19)18(9-11)12-4-5-12/h3,6-7,11-12H,4-5,8-9H2,1-2H3,(H,17,20). The first-order valence-corrected chi connectivity index (χ1v) is 7.44. The van der Waals surface area contributed by atoms with Crippen molar-refractivity contribution in [2.45, 2.75) is 31.3 Å². The average Bonchev–Trinajstić information content (AvgIpc) is 3.30. The lowest BCUT2D eigenvalue weighted by atomic mass is 10.1. The maximum atomic E-state index is 12.3. The van der Waals surface area contributed by atoms with Gasteiger partial charge in [-0.1, -0.05) is 0 Å². The van der Waals surface area contributed by atoms with E-state index in [1.807, 2.05) is 4.90 Å². The zero-order chi connectivity index (χ0) is 15.7. The fourth-order valence-electron chi connectivity index (χ4n) is 2.81. The van der Waals surface area contributed by atoms with Crippen LogP contribution in [0.25, 0.3) is 0 Å². The fraction of sp³-hybridized carbons (Fsp3) is 0.500. The maximum absolute atomic E-state index is 12.3. The molecule has 1 heterocycles. The van der Waals surface area contributed by atoms with Crippen molar-refractivity contribution in [2.75, 3.05) is 20.8 Å². The van der Waals surface area contributed by atoms with E-state index in [9.17, 15) is 9.59 Å². The van der Waals surface area contributed by atoms with Gasteiger partial charge in [-0.25, -0.2) is 0 Å². The van der Waals surface area contributed by atoms with Crippen molar-refractivity contribution in [3.63, 3.8) is 0 Å². The molecule has 1 aliphatic heterocycles. The van der Waals surface area contributed by atoms with Crippen LogP contribution >= 0.6 is 0 Å². The summed E-state index contributed by atoms with van der Waals surface area (Å²) in [5.74, 6) is 1.03. The molecule has 0 aromatic heterocycles. The molecule has 0 radical (unpaired) electrons. The molecular formula is C16H20N2O4. The minimum absolute atomic E-state index is 0.117. The van der Waals surface area contributed by atoms with Crippen molar-refractivity contribution >= 4 is 11.8 Å². The Bertz CT molecular complexity index is 598. The number of amides is 2. The van der Waals surface area contributed by atoms with Gasteiger partial charge in [0.1, 0.15) is 0 Å². The molecule has 6 heteroatoms. The average molecular weight is 304 g/mol. The highest BCUT2D eigenvalue weighted by Crippen LogP contribution is 2.31. The number of ether oxygens (including phenoxy) is 2. The van der Waals surface area contributed by atoms with Crippen molar-refractivity contribution in [1.29, 1.82) is 0 Å². The number of hydrogen-bond acceptors (Lipinski definition) is 4. The molecule has 2 fully saturated rings. The van der Waals surface area contributed by atoms with E-state index in [0.717, 1.165) is 12.8 Å². The van der Waals surface area contributed by atoms with Gasteiger partial charge in [0.15, 0.2) is 11.5 Å². The number of likely N-dealkylation sites (tertiary alicyclic amines) is 1. The van der Waals surface area contributed by atoms with E-state index in [2.05, 4.69) is 5.32 Å². The summed E-state index contributed by atoms with van der Waals surface area (Å²) in [6.07, 6.45) is 2.56. The lowest BCUT2D eigenvalue weighted by molar-refractivity contribution is -0.128. The largest absolute Gasteiger partial charge is 0.493 e. The predicted octanol–water partition coefficient (Wildman–Crippen LogP) is 1.20. The number of benzene rings is 1. The minimum Gasteiger partial charge on any atom is -0.493 e. The molecule has 1 aromatic carbocycles. The summed E-state index contributed by atoms with van der Waals surface area (Å²) in [6.45, 7) is 0.614. The van der Waals surface area contributed by atoms with Crippen molar-refractivity contribution in [2.24, 2.45) is 0 Å². The molecule has 1 saturated heterocycles. The second kappa shape index (κ2) is 5.87. The van der Waals surface area contributed by atoms with Gasteiger partial charge in [0, 0.05) is 24.6 Å². The molecule has 1 aliphatic carbocycles. The highest BCUT2D eigenvalue weighted by molar-refractivity contribution is 5.95. The molecule has 1 aromatic rings. The van der Waals surface area contributed by atoms with E-state index in [1.54, 1.807) is 25.3 Å². The molecule has 1 unspecified atom stereocenters. The van der Waals surface area contributed by atoms with Crippen LogP contribution in [0, 0.1) is 0 Å². The zero-order valence-electron chi connectivity index (χ0n) is 12.8. The monoisotopic (exact) mass is 304 g/mol. The van der Waals surface area contributed by atoms with Crippen LogP contribution in [0.1, 0.15) is 29.6 Å². The quantitative estimate of drug-likeness (QED) is 0.887. The van der Waals surface area contributed by atoms with Gasteiger partial charge in [0.05, 0.1) is 20.3 Å². The molecule has 1 N–H and O–H groups in total. The third-order valence-electron chi connectivity index (χ3n) is 4.13. The number of hydrogen-bond donors (Lipinski definition) is 1. The summed E-state index contributed by atoms with van der Waals surface area (Å²) in [7, 11) is 3.08. The third kappa shape index (κ3) is 2.86. The van der Waals surface area contributed by atoms with Gasteiger partial charge in [-0.3, -0.25) is 9.59 Å². The minimum atomic E-state index is -0.198. The Hall–Kier alpha value is -2.24. The third-order valence-corrected chi connectivity index (χ3v) is 4.13. The van der Waals surface area contributed by atoms with Crippen molar-refractivity contribution < 1.29 is 19.1 Å². The smallest absolute Gasteiger partial charge is 0.251 e. The molecule has 2 aliphatic rings. The van der Waals surface area contributed by atoms with Crippen LogP contribution in [0.2, 0.25) is 0 Å². The van der Waals surface area contributed by atoms with Crippen LogP contribution in [0.5, 0.6) is 11.5 Å². The summed E-state index contributed by atoms with van der Waals surface area (Å²) >= 11 is 0. The van der Waals surface area contributed by atoms with Crippen molar-refractivity contribution in [3.8, 4) is 11.5 Å². The van der Waals surface area contributed by atoms with Crippen LogP contribution in [0.4, 0.5) is 0 Å². The Morgan fingerprint density at radius 3 is 2.59 bits per heavy atom. The second-order valence-corrected chi connectivity index (χ2v) is 5.72. The molecule has 1 atom stereocenters. The van der Waals surface area contributed by atoms with Gasteiger partial charge in [0.2, 0.25) is 5.91 Å². The van der Waals surface area contributed by atoms with E-state index in [1.165, 1.54) is 7.11 Å². The molecule has 0 bridgehead atoms. The summed E-state index contributed by atoms with van der Waals surface area (Å²) in [5.41, 5.74) is 0.495. The number of nitrogens with one attached hydrogen (secondary N) is 1. The lowest BCUT2D eigenvalue weighted by Crippen LogP contribution is -2.37. The van der Waals surface area contributed by atoms with E-state index in [-0.39, 0.29) is 17.9 Å². The zero-order valence-corrected chi connectivity index (χ0v) is 12.8. The van der Waals surface area contributed by atoms with Crippen LogP contribution < -0.4 is 14.8 Å². The first-order chi connectivity index (χ1) is 10.6. The van der Waals surface area contributed by atoms with Crippen LogP contribution in [-0.4, -0.2) is 49.6 Å². The molecular weight excluding hydrogens is 284 g/mol. The van der Waals surface area contributed by atoms with E-state index >= 15 is 0 Å². The number of methoxy groups -OCH3 is 2. The summed E-state index contributed by atoms with van der Waals surface area (Å²) in [6, 6.07) is 5.31. The predicted molar refractivity (Wildman–Crippen MR) is 80.2 cm³/mol. The Morgan fingerprint density at radius 2 is 1.95 bits per heavy atom. The van der Waals surface area contributed by atoms with Crippen LogP contribution in [-0.2, 0) is 4.79 Å². The Morgan fingerprint density at radius 1 is 1.23 bits per heavy atom. The molecule has 0 spiro atoms. The highest BCUT2D eigenvalue weighted by atomic mass is 16.5. The first kappa shape index (κ1) is 14.7. The van der Waals surface area contributed by atoms with E-state index < -0.39 is 0 Å². The van der Waals surface area contributed by atoms with Gasteiger partial charge in [-0.15, -0.1) is 0 Å². The van der Waals surface area contributed by atoms with Gasteiger partial charge >= 0.3 is 0 Å². The molecule has 1 saturated carbocycles. The highest BCUT2D eigenvalue weighted by Gasteiger charge is 2.39. The van der Waals surface area contributed by atoms with E-state index in [4.69, 9.17) is 9.47 Å². The van der Waals surface area contributed by atoms with Gasteiger partial charge in [-0.05, 0) is 31.0 Å². The first-order valence-electron chi connectivity index (χ1n) is 7.44. The topological polar surface area (TPSA) is 67.9 Å². The lowest BCUT2D eigenvalue weighted by Gasteiger charge is -2.16. The van der Waals surface area contributed by atoms with Gasteiger partial charge in [0.25, 0.3) is 5.91 Å². The van der Waals surface area contributed by atoms with Gasteiger partial charge < -0.3 is 19.7 Å². The van der Waals surface area contributed by atoms with Gasteiger partial charge in [-0.2, -0.15) is 0 Å². The molecule has 2 amide bonds. The number of carbonyl (C=O) groups is 2. The second-order valence-electron chi connectivity index (χ2n) is 5.72. The van der Waals surface area contributed by atoms with Crippen LogP contribution in [0.3, 0.4) is 0 Å². The molecule has 6 nitrogen and oxygen atoms in total. The summed E-state index contributed by atoms with van der Waals surface area (Å²) in [4.78, 5) is 26.1. The molecule has 22 heavy (non-hydrogen) atoms. The van der Waals surface area contributed by atoms with E-state index in [0.29, 0.717) is 36.1 Å². The maximum Gasteiger partial charge on any atom is 0.251 e. The Labute approximate surface area is 129 Å². The SMILES string of the molecule is COc1ccc(C(=O)NC2CC(=O)N(C3CC3)C2)cc1OC. The summed E-state index contributed by atoms with van der Waals surface area (Å²) < 4.78 is 10.4. The fourth-order valence-corrected chi connectivity index (χ4v) is 2.81. The Kier molecular flexibility index (Phi) is 3.92. The number of nitrogens with zero attached hydrogens (tertiary/aromatic N) is 1. The Balaban J connectivity index is 1.66. The van der Waals surface area contributed by atoms with Crippen molar-refractivity contribution in [3.05, 3.63) is 23.8 Å². The molecule has 3 rings (SSSR count). The number of carbonyl (C=O) groups excluding carboxylic acids is 2. The van der Waals surface area contributed by atoms with Crippen molar-refractivity contribution in [1.82, 2.24) is 10.2 Å². The summed E-state index contributed by atoms with van der Waals surface area (Å²) in [5, 5.41) is 2.93. The number of rotatable bonds is 5. The van der Waals surface area contributed by atoms with Crippen LogP contribution in [0.15, 0.2) is 18.2 Å².